The molecule has 0 fully saturated rings. The van der Waals surface area contributed by atoms with Gasteiger partial charge in [-0.2, -0.15) is 0 Å². The summed E-state index contributed by atoms with van der Waals surface area (Å²) in [7, 11) is 0. The van der Waals surface area contributed by atoms with Crippen LogP contribution in [-0.2, 0) is 6.42 Å². The average Bonchev–Trinajstić information content (AvgIpc) is 2.37. The molecule has 1 heterocycles. The molecule has 0 bridgehead atoms. The maximum Gasteiger partial charge on any atom is 0.185 e. The van der Waals surface area contributed by atoms with Crippen LogP contribution in [0.25, 0.3) is 0 Å². The van der Waals surface area contributed by atoms with Crippen molar-refractivity contribution in [3.8, 4) is 0 Å². The highest BCUT2D eigenvalue weighted by Gasteiger charge is 2.13. The van der Waals surface area contributed by atoms with Gasteiger partial charge in [0.1, 0.15) is 5.69 Å². The highest BCUT2D eigenvalue weighted by molar-refractivity contribution is 6.30. The van der Waals surface area contributed by atoms with Crippen LogP contribution in [0.15, 0.2) is 48.7 Å². The van der Waals surface area contributed by atoms with Crippen molar-refractivity contribution in [2.45, 2.75) is 19.3 Å². The molecule has 0 spiro atoms. The predicted octanol–water partition coefficient (Wildman–Crippen LogP) is 3.92. The number of halogens is 1. The van der Waals surface area contributed by atoms with Crippen LogP contribution in [0.5, 0.6) is 0 Å². The summed E-state index contributed by atoms with van der Waals surface area (Å²) in [4.78, 5) is 16.2. The number of aromatic nitrogens is 1. The Balaban J connectivity index is 2.38. The minimum Gasteiger partial charge on any atom is -0.292 e. The number of hydrogen-bond donors (Lipinski definition) is 0. The molecule has 92 valence electrons. The lowest BCUT2D eigenvalue weighted by Crippen LogP contribution is -2.06. The van der Waals surface area contributed by atoms with Crippen LogP contribution >= 0.6 is 11.6 Å². The molecule has 0 unspecified atom stereocenters. The fraction of sp³-hybridized carbons (Fsp3) is 0.200. The van der Waals surface area contributed by atoms with E-state index in [4.69, 9.17) is 11.6 Å². The zero-order valence-electron chi connectivity index (χ0n) is 10.0. The third-order valence-electron chi connectivity index (χ3n) is 2.80. The molecular formula is C15H14ClNO. The fourth-order valence-electron chi connectivity index (χ4n) is 1.84. The van der Waals surface area contributed by atoms with Crippen molar-refractivity contribution >= 4 is 17.4 Å². The van der Waals surface area contributed by atoms with Crippen LogP contribution in [0.1, 0.15) is 28.9 Å². The summed E-state index contributed by atoms with van der Waals surface area (Å²) in [6.07, 6.45) is 11.0. The Kier molecular flexibility index (Phi) is 4.11. The summed E-state index contributed by atoms with van der Waals surface area (Å²) in [5.41, 5.74) is 2.45. The fourth-order valence-corrected chi connectivity index (χ4v) is 2.02. The molecule has 0 saturated carbocycles. The second kappa shape index (κ2) is 5.78. The normalized spacial score (nSPS) is 19.8. The van der Waals surface area contributed by atoms with Crippen molar-refractivity contribution in [3.63, 3.8) is 0 Å². The lowest BCUT2D eigenvalue weighted by Gasteiger charge is -2.07. The third kappa shape index (κ3) is 3.17. The topological polar surface area (TPSA) is 30.0 Å². The summed E-state index contributed by atoms with van der Waals surface area (Å²) in [5.74, 6) is 0.0267. The molecule has 0 N–H and O–H groups in total. The molecule has 2 rings (SSSR count). The van der Waals surface area contributed by atoms with E-state index in [1.165, 1.54) is 6.20 Å². The number of rotatable bonds is 0. The van der Waals surface area contributed by atoms with Gasteiger partial charge in [0, 0.05) is 12.6 Å². The van der Waals surface area contributed by atoms with E-state index in [-0.39, 0.29) is 5.78 Å². The summed E-state index contributed by atoms with van der Waals surface area (Å²) < 4.78 is 0. The van der Waals surface area contributed by atoms with Crippen molar-refractivity contribution in [2.24, 2.45) is 0 Å². The first-order chi connectivity index (χ1) is 8.66. The molecule has 0 radical (unpaired) electrons. The molecule has 1 aliphatic rings. The number of carbonyl (C=O) groups excluding carboxylic acids is 1. The van der Waals surface area contributed by atoms with E-state index < -0.39 is 0 Å². The number of allylic oxidation sites excluding steroid dienone is 5. The Hall–Kier alpha value is -1.67. The van der Waals surface area contributed by atoms with Gasteiger partial charge >= 0.3 is 0 Å². The van der Waals surface area contributed by atoms with Gasteiger partial charge in [0.2, 0.25) is 0 Å². The number of aryl methyl sites for hydroxylation is 1. The maximum absolute atomic E-state index is 12.0. The Labute approximate surface area is 112 Å². The third-order valence-corrected chi connectivity index (χ3v) is 3.00. The summed E-state index contributed by atoms with van der Waals surface area (Å²) >= 11 is 5.94. The number of nitrogens with zero attached hydrogens (tertiary/aromatic N) is 1. The van der Waals surface area contributed by atoms with E-state index in [0.29, 0.717) is 17.1 Å². The Morgan fingerprint density at radius 2 is 2.11 bits per heavy atom. The summed E-state index contributed by atoms with van der Waals surface area (Å²) in [5, 5.41) is 0.563. The molecule has 0 aromatic carbocycles. The van der Waals surface area contributed by atoms with E-state index >= 15 is 0 Å². The molecule has 3 heteroatoms. The lowest BCUT2D eigenvalue weighted by molar-refractivity contribution is 0.0990. The Bertz CT molecular complexity index is 543. The zero-order chi connectivity index (χ0) is 13.0. The SMILES string of the molecule is C=C1/C=C\C=C/CC(=O)c2ncc(Cl)cc2CC1. The molecule has 0 saturated heterocycles. The minimum atomic E-state index is 0.0267. The van der Waals surface area contributed by atoms with E-state index in [1.54, 1.807) is 0 Å². The van der Waals surface area contributed by atoms with E-state index in [1.807, 2.05) is 30.4 Å². The van der Waals surface area contributed by atoms with Gasteiger partial charge in [-0.15, -0.1) is 0 Å². The number of Topliss-reactive ketones (excluding diaryl/α,β-unsaturated/α-hetero) is 1. The standard InChI is InChI=1S/C15H14ClNO/c1-11-5-3-2-4-6-14(18)15-12(8-7-11)9-13(16)10-17-15/h2-5,9-10H,1,6-8H2/b4-2-,5-3-. The number of carbonyl (C=O) groups is 1. The van der Waals surface area contributed by atoms with Crippen molar-refractivity contribution < 1.29 is 4.79 Å². The van der Waals surface area contributed by atoms with E-state index in [9.17, 15) is 4.79 Å². The molecule has 0 atom stereocenters. The number of pyridine rings is 1. The monoisotopic (exact) mass is 259 g/mol. The zero-order valence-corrected chi connectivity index (χ0v) is 10.8. The van der Waals surface area contributed by atoms with Gasteiger partial charge in [0.05, 0.1) is 5.02 Å². The highest BCUT2D eigenvalue weighted by Crippen LogP contribution is 2.19. The van der Waals surface area contributed by atoms with Gasteiger partial charge in [-0.25, -0.2) is 0 Å². The first kappa shape index (κ1) is 12.8. The first-order valence-corrected chi connectivity index (χ1v) is 6.23. The molecule has 1 aromatic rings. The molecule has 0 aliphatic heterocycles. The van der Waals surface area contributed by atoms with Crippen LogP contribution < -0.4 is 0 Å². The van der Waals surface area contributed by atoms with Gasteiger partial charge in [-0.05, 0) is 24.5 Å². The summed E-state index contributed by atoms with van der Waals surface area (Å²) in [6.45, 7) is 3.97. The van der Waals surface area contributed by atoms with Crippen molar-refractivity contribution in [1.29, 1.82) is 0 Å². The van der Waals surface area contributed by atoms with Gasteiger partial charge in [0.15, 0.2) is 5.78 Å². The molecular weight excluding hydrogens is 246 g/mol. The molecule has 1 aromatic heterocycles. The van der Waals surface area contributed by atoms with Crippen LogP contribution in [0.2, 0.25) is 5.02 Å². The largest absolute Gasteiger partial charge is 0.292 e. The van der Waals surface area contributed by atoms with Gasteiger partial charge in [0.25, 0.3) is 0 Å². The van der Waals surface area contributed by atoms with Crippen LogP contribution in [-0.4, -0.2) is 10.8 Å². The second-order valence-corrected chi connectivity index (χ2v) is 4.67. The quantitative estimate of drug-likeness (QED) is 0.707. The molecule has 0 amide bonds. The first-order valence-electron chi connectivity index (χ1n) is 5.85. The van der Waals surface area contributed by atoms with Crippen molar-refractivity contribution in [3.05, 3.63) is 65.0 Å². The number of hydrogen-bond acceptors (Lipinski definition) is 2. The van der Waals surface area contributed by atoms with E-state index in [0.717, 1.165) is 24.0 Å². The van der Waals surface area contributed by atoms with Crippen LogP contribution in [0, 0.1) is 0 Å². The van der Waals surface area contributed by atoms with Crippen molar-refractivity contribution in [1.82, 2.24) is 4.98 Å². The van der Waals surface area contributed by atoms with Crippen molar-refractivity contribution in [2.75, 3.05) is 0 Å². The number of ketones is 1. The smallest absolute Gasteiger partial charge is 0.185 e. The molecule has 1 aliphatic carbocycles. The lowest BCUT2D eigenvalue weighted by atomic mass is 10.0. The van der Waals surface area contributed by atoms with Crippen LogP contribution in [0.3, 0.4) is 0 Å². The van der Waals surface area contributed by atoms with E-state index in [2.05, 4.69) is 11.6 Å². The average molecular weight is 260 g/mol. The van der Waals surface area contributed by atoms with Gasteiger partial charge < -0.3 is 0 Å². The predicted molar refractivity (Wildman–Crippen MR) is 73.9 cm³/mol. The van der Waals surface area contributed by atoms with Crippen LogP contribution in [0.4, 0.5) is 0 Å². The Morgan fingerprint density at radius 3 is 2.94 bits per heavy atom. The minimum absolute atomic E-state index is 0.0267. The maximum atomic E-state index is 12.0. The molecule has 2 nitrogen and oxygen atoms in total. The highest BCUT2D eigenvalue weighted by atomic mass is 35.5. The summed E-state index contributed by atoms with van der Waals surface area (Å²) in [6, 6.07) is 1.82. The van der Waals surface area contributed by atoms with Gasteiger partial charge in [-0.3, -0.25) is 9.78 Å². The van der Waals surface area contributed by atoms with Gasteiger partial charge in [-0.1, -0.05) is 48.1 Å². The Morgan fingerprint density at radius 1 is 1.28 bits per heavy atom. The molecule has 18 heavy (non-hydrogen) atoms. The number of fused-ring (bicyclic) bond motifs is 1. The second-order valence-electron chi connectivity index (χ2n) is 4.23.